The monoisotopic (exact) mass is 523 g/mol. The summed E-state index contributed by atoms with van der Waals surface area (Å²) in [7, 11) is 1.95. The molecule has 0 unspecified atom stereocenters. The van der Waals surface area contributed by atoms with Gasteiger partial charge in [0.1, 0.15) is 5.04 Å². The zero-order chi connectivity index (χ0) is 26.3. The number of anilines is 1. The maximum atomic E-state index is 12.9. The van der Waals surface area contributed by atoms with Gasteiger partial charge in [0.05, 0.1) is 12.2 Å². The summed E-state index contributed by atoms with van der Waals surface area (Å²) >= 11 is 0.731. The highest BCUT2D eigenvalue weighted by Gasteiger charge is 2.32. The van der Waals surface area contributed by atoms with Crippen molar-refractivity contribution in [2.45, 2.75) is 6.36 Å². The van der Waals surface area contributed by atoms with Crippen LogP contribution in [0.15, 0.2) is 47.7 Å². The van der Waals surface area contributed by atoms with Crippen LogP contribution in [0.4, 0.5) is 18.9 Å². The molecular weight excluding hydrogens is 499 g/mol. The Balaban J connectivity index is 1.74. The molecular formula is C22H24F3N7O3S. The van der Waals surface area contributed by atoms with Crippen LogP contribution in [0.5, 0.6) is 5.75 Å². The minimum atomic E-state index is -5.00. The number of alkyl halides is 3. The Morgan fingerprint density at radius 3 is 2.47 bits per heavy atom. The molecule has 3 rings (SSSR count). The van der Waals surface area contributed by atoms with E-state index in [0.717, 1.165) is 43.1 Å². The third-order valence-electron chi connectivity index (χ3n) is 5.05. The molecule has 0 aliphatic carbocycles. The Bertz CT molecular complexity index is 1140. The fourth-order valence-corrected chi connectivity index (χ4v) is 3.82. The van der Waals surface area contributed by atoms with Crippen LogP contribution >= 0.6 is 11.8 Å². The molecule has 0 spiro atoms. The number of benzene rings is 1. The summed E-state index contributed by atoms with van der Waals surface area (Å²) in [6, 6.07) is 6.21. The van der Waals surface area contributed by atoms with Gasteiger partial charge in [0.2, 0.25) is 5.91 Å². The van der Waals surface area contributed by atoms with E-state index >= 15 is 0 Å². The van der Waals surface area contributed by atoms with Crippen molar-refractivity contribution in [1.82, 2.24) is 14.8 Å². The summed E-state index contributed by atoms with van der Waals surface area (Å²) in [5.41, 5.74) is 5.84. The Morgan fingerprint density at radius 2 is 1.83 bits per heavy atom. The summed E-state index contributed by atoms with van der Waals surface area (Å²) in [6.45, 7) is 2.75. The van der Waals surface area contributed by atoms with Gasteiger partial charge in [0.15, 0.2) is 10.9 Å². The van der Waals surface area contributed by atoms with E-state index in [1.807, 2.05) is 11.9 Å². The average molecular weight is 524 g/mol. The van der Waals surface area contributed by atoms with Crippen molar-refractivity contribution in [3.05, 3.63) is 53.9 Å². The summed E-state index contributed by atoms with van der Waals surface area (Å²) in [5, 5.41) is 10.2. The molecule has 2 heterocycles. The minimum absolute atomic E-state index is 0.0252. The first-order valence-electron chi connectivity index (χ1n) is 10.7. The van der Waals surface area contributed by atoms with E-state index in [0.29, 0.717) is 18.7 Å². The standard InChI is InChI=1S/C22H24F3N7O3S/c1-31-8-10-32(11-9-31)13-18(33)29-16-12-15(2-3-17(16)35-22(23,24)25)20(34)30-21(27)36-19(26)14-4-6-28-7-5-14/h2-7,12,26H,8-11,13H2,1H3,(H,29,33)(H2,27,30,34). The number of carbonyl (C=O) groups is 2. The molecule has 0 saturated carbocycles. The van der Waals surface area contributed by atoms with Crippen molar-refractivity contribution < 1.29 is 27.5 Å². The number of amidine groups is 1. The van der Waals surface area contributed by atoms with Gasteiger partial charge in [-0.25, -0.2) is 0 Å². The second-order valence-electron chi connectivity index (χ2n) is 7.81. The van der Waals surface area contributed by atoms with Crippen LogP contribution in [-0.2, 0) is 4.79 Å². The second kappa shape index (κ2) is 12.0. The smallest absolute Gasteiger partial charge is 0.404 e. The van der Waals surface area contributed by atoms with E-state index in [9.17, 15) is 22.8 Å². The number of halogens is 3. The van der Waals surface area contributed by atoms with Gasteiger partial charge in [-0.15, -0.1) is 13.2 Å². The normalized spacial score (nSPS) is 15.4. The van der Waals surface area contributed by atoms with Crippen LogP contribution in [0.2, 0.25) is 0 Å². The molecule has 1 aromatic heterocycles. The summed E-state index contributed by atoms with van der Waals surface area (Å²) in [4.78, 5) is 36.7. The molecule has 4 N–H and O–H groups in total. The topological polar surface area (TPSA) is 137 Å². The van der Waals surface area contributed by atoms with Crippen molar-refractivity contribution in [2.24, 2.45) is 10.7 Å². The van der Waals surface area contributed by atoms with E-state index in [2.05, 4.69) is 24.9 Å². The van der Waals surface area contributed by atoms with Crippen molar-refractivity contribution in [2.75, 3.05) is 45.1 Å². The van der Waals surface area contributed by atoms with Crippen molar-refractivity contribution >= 4 is 39.5 Å². The number of thioether (sulfide) groups is 1. The Kier molecular flexibility index (Phi) is 9.01. The molecule has 2 amide bonds. The molecule has 36 heavy (non-hydrogen) atoms. The number of piperazine rings is 1. The molecule has 14 heteroatoms. The van der Waals surface area contributed by atoms with Crippen molar-refractivity contribution in [1.29, 1.82) is 5.41 Å². The molecule has 1 aromatic carbocycles. The number of rotatable bonds is 6. The third kappa shape index (κ3) is 8.32. The molecule has 0 radical (unpaired) electrons. The summed E-state index contributed by atoms with van der Waals surface area (Å²) in [6.07, 6.45) is -2.02. The fraction of sp³-hybridized carbons (Fsp3) is 0.318. The number of aliphatic imine (C=N–C) groups is 1. The predicted octanol–water partition coefficient (Wildman–Crippen LogP) is 2.38. The molecule has 1 saturated heterocycles. The second-order valence-corrected chi connectivity index (χ2v) is 8.84. The van der Waals surface area contributed by atoms with Gasteiger partial charge in [-0.2, -0.15) is 4.99 Å². The van der Waals surface area contributed by atoms with Gasteiger partial charge in [0.25, 0.3) is 5.91 Å². The highest BCUT2D eigenvalue weighted by molar-refractivity contribution is 8.26. The highest BCUT2D eigenvalue weighted by atomic mass is 32.2. The third-order valence-corrected chi connectivity index (χ3v) is 5.79. The summed E-state index contributed by atoms with van der Waals surface area (Å²) in [5.74, 6) is -2.09. The molecule has 10 nitrogen and oxygen atoms in total. The van der Waals surface area contributed by atoms with Crippen LogP contribution in [-0.4, -0.2) is 82.9 Å². The van der Waals surface area contributed by atoms with E-state index in [-0.39, 0.29) is 28.0 Å². The number of aromatic nitrogens is 1. The fourth-order valence-electron chi connectivity index (χ4n) is 3.23. The van der Waals surface area contributed by atoms with E-state index in [4.69, 9.17) is 11.1 Å². The van der Waals surface area contributed by atoms with Crippen molar-refractivity contribution in [3.63, 3.8) is 0 Å². The van der Waals surface area contributed by atoms with E-state index < -0.39 is 23.9 Å². The maximum Gasteiger partial charge on any atom is 0.573 e. The average Bonchev–Trinajstić information content (AvgIpc) is 2.81. The maximum absolute atomic E-state index is 12.9. The van der Waals surface area contributed by atoms with Gasteiger partial charge >= 0.3 is 6.36 Å². The SMILES string of the molecule is CN1CCN(CC(=O)Nc2cc(C(=O)N=C(N)SC(=N)c3ccncc3)ccc2OC(F)(F)F)CC1. The van der Waals surface area contributed by atoms with Crippen LogP contribution in [0.25, 0.3) is 0 Å². The zero-order valence-corrected chi connectivity index (χ0v) is 20.0. The lowest BCUT2D eigenvalue weighted by atomic mass is 10.1. The number of hydrogen-bond donors (Lipinski definition) is 3. The number of nitrogens with one attached hydrogen (secondary N) is 2. The summed E-state index contributed by atoms with van der Waals surface area (Å²) < 4.78 is 42.7. The van der Waals surface area contributed by atoms with Gasteiger partial charge < -0.3 is 20.7 Å². The van der Waals surface area contributed by atoms with Gasteiger partial charge in [-0.3, -0.25) is 24.9 Å². The number of nitrogens with zero attached hydrogens (tertiary/aromatic N) is 4. The van der Waals surface area contributed by atoms with Crippen LogP contribution in [0, 0.1) is 5.41 Å². The lowest BCUT2D eigenvalue weighted by molar-refractivity contribution is -0.274. The van der Waals surface area contributed by atoms with E-state index in [1.165, 1.54) is 12.4 Å². The molecule has 1 fully saturated rings. The number of carbonyl (C=O) groups excluding carboxylic acids is 2. The number of likely N-dealkylation sites (N-methyl/N-ethyl adjacent to an activating group) is 1. The van der Waals surface area contributed by atoms with Crippen molar-refractivity contribution in [3.8, 4) is 5.75 Å². The first-order valence-corrected chi connectivity index (χ1v) is 11.5. The molecule has 0 bridgehead atoms. The first-order chi connectivity index (χ1) is 17.0. The number of amides is 2. The number of ether oxygens (including phenoxy) is 1. The number of hydrogen-bond acceptors (Lipinski definition) is 8. The Labute approximate surface area is 209 Å². The van der Waals surface area contributed by atoms with Gasteiger partial charge in [-0.05, 0) is 49.1 Å². The van der Waals surface area contributed by atoms with Crippen LogP contribution < -0.4 is 15.8 Å². The lowest BCUT2D eigenvalue weighted by Gasteiger charge is -2.31. The quantitative estimate of drug-likeness (QED) is 0.388. The highest BCUT2D eigenvalue weighted by Crippen LogP contribution is 2.31. The number of nitrogens with two attached hydrogens (primary N) is 1. The zero-order valence-electron chi connectivity index (χ0n) is 19.2. The molecule has 192 valence electrons. The van der Waals surface area contributed by atoms with Gasteiger partial charge in [0, 0.05) is 49.7 Å². The number of pyridine rings is 1. The van der Waals surface area contributed by atoms with E-state index in [1.54, 1.807) is 12.1 Å². The molecule has 2 aromatic rings. The van der Waals surface area contributed by atoms with Gasteiger partial charge in [-0.1, -0.05) is 0 Å². The molecule has 1 aliphatic heterocycles. The minimum Gasteiger partial charge on any atom is -0.404 e. The van der Waals surface area contributed by atoms with Crippen LogP contribution in [0.1, 0.15) is 15.9 Å². The lowest BCUT2D eigenvalue weighted by Crippen LogP contribution is -2.47. The molecule has 1 aliphatic rings. The van der Waals surface area contributed by atoms with Crippen LogP contribution in [0.3, 0.4) is 0 Å². The largest absolute Gasteiger partial charge is 0.573 e. The Hall–Kier alpha value is -3.49. The molecule has 0 atom stereocenters. The predicted molar refractivity (Wildman–Crippen MR) is 130 cm³/mol. The Morgan fingerprint density at radius 1 is 1.17 bits per heavy atom. The first kappa shape index (κ1) is 27.1.